The van der Waals surface area contributed by atoms with Gasteiger partial charge in [0, 0.05) is 56.4 Å². The average Bonchev–Trinajstić information content (AvgIpc) is 3.60. The van der Waals surface area contributed by atoms with E-state index >= 15 is 0 Å². The van der Waals surface area contributed by atoms with Crippen LogP contribution in [0.5, 0.6) is 11.8 Å². The summed E-state index contributed by atoms with van der Waals surface area (Å²) in [5, 5.41) is 21.4. The molecule has 220 valence electrons. The molecule has 3 aliphatic heterocycles. The number of benzene rings is 2. The Bertz CT molecular complexity index is 1510. The number of likely N-dealkylation sites (tertiary alicyclic amines) is 1. The topological polar surface area (TPSA) is 118 Å². The minimum Gasteiger partial charge on any atom is -0.496 e. The van der Waals surface area contributed by atoms with Gasteiger partial charge in [0.2, 0.25) is 0 Å². The van der Waals surface area contributed by atoms with E-state index in [2.05, 4.69) is 46.0 Å². The first-order valence-electron chi connectivity index (χ1n) is 14.6. The Hall–Kier alpha value is -4.14. The number of carboxylic acid groups (broad SMARTS) is 1. The lowest BCUT2D eigenvalue weighted by atomic mass is 10.0. The summed E-state index contributed by atoms with van der Waals surface area (Å²) in [6.07, 6.45) is 1.37. The maximum Gasteiger partial charge on any atom is 0.407 e. The third-order valence-corrected chi connectivity index (χ3v) is 8.84. The zero-order valence-electron chi connectivity index (χ0n) is 24.2. The zero-order valence-corrected chi connectivity index (χ0v) is 24.2. The number of hydrogen-bond donors (Lipinski definition) is 1. The van der Waals surface area contributed by atoms with E-state index in [0.29, 0.717) is 57.9 Å². The number of aromatic nitrogens is 2. The predicted octanol–water partition coefficient (Wildman–Crippen LogP) is 3.71. The Morgan fingerprint density at radius 2 is 1.98 bits per heavy atom. The van der Waals surface area contributed by atoms with Crippen molar-refractivity contribution in [3.05, 3.63) is 53.2 Å². The lowest BCUT2D eigenvalue weighted by Crippen LogP contribution is -2.55. The highest BCUT2D eigenvalue weighted by molar-refractivity contribution is 5.87. The molecule has 42 heavy (non-hydrogen) atoms. The molecule has 0 bridgehead atoms. The molecule has 6 rings (SSSR count). The first kappa shape index (κ1) is 28.0. The number of rotatable bonds is 8. The van der Waals surface area contributed by atoms with Gasteiger partial charge >= 0.3 is 12.1 Å². The van der Waals surface area contributed by atoms with Crippen LogP contribution < -0.4 is 14.4 Å². The summed E-state index contributed by atoms with van der Waals surface area (Å²) in [5.74, 6) is 1.62. The van der Waals surface area contributed by atoms with Gasteiger partial charge in [0.05, 0.1) is 31.3 Å². The van der Waals surface area contributed by atoms with Crippen LogP contribution in [0.3, 0.4) is 0 Å². The number of anilines is 1. The highest BCUT2D eigenvalue weighted by atomic mass is 16.5. The molecule has 1 amide bonds. The van der Waals surface area contributed by atoms with Gasteiger partial charge in [0.1, 0.15) is 18.2 Å². The van der Waals surface area contributed by atoms with Gasteiger partial charge < -0.3 is 29.3 Å². The van der Waals surface area contributed by atoms with E-state index in [1.54, 1.807) is 7.11 Å². The second-order valence-corrected chi connectivity index (χ2v) is 11.4. The normalized spacial score (nSPS) is 21.0. The molecule has 3 aliphatic rings. The Morgan fingerprint density at radius 1 is 1.12 bits per heavy atom. The van der Waals surface area contributed by atoms with Crippen molar-refractivity contribution in [2.24, 2.45) is 0 Å². The van der Waals surface area contributed by atoms with Crippen LogP contribution in [0.1, 0.15) is 36.1 Å². The molecule has 0 aliphatic carbocycles. The van der Waals surface area contributed by atoms with E-state index in [4.69, 9.17) is 19.4 Å². The second-order valence-electron chi connectivity index (χ2n) is 11.4. The molecule has 0 unspecified atom stereocenters. The summed E-state index contributed by atoms with van der Waals surface area (Å²) in [6.45, 7) is 4.72. The van der Waals surface area contributed by atoms with Crippen LogP contribution in [0.15, 0.2) is 36.4 Å². The number of likely N-dealkylation sites (N-methyl/N-ethyl adjacent to an activating group) is 1. The van der Waals surface area contributed by atoms with Crippen LogP contribution in [-0.4, -0.2) is 94.9 Å². The number of ether oxygens (including phenoxy) is 2. The van der Waals surface area contributed by atoms with Crippen molar-refractivity contribution >= 4 is 22.7 Å². The smallest absolute Gasteiger partial charge is 0.407 e. The number of methoxy groups -OCH3 is 1. The number of carbonyl (C=O) groups is 1. The number of nitrogens with zero attached hydrogens (tertiary/aromatic N) is 7. The summed E-state index contributed by atoms with van der Waals surface area (Å²) in [4.78, 5) is 29.8. The van der Waals surface area contributed by atoms with Crippen LogP contribution in [0, 0.1) is 11.3 Å². The second kappa shape index (κ2) is 12.0. The fraction of sp³-hybridized carbons (Fsp3) is 0.484. The van der Waals surface area contributed by atoms with Crippen molar-refractivity contribution in [2.45, 2.75) is 51.0 Å². The molecule has 2 atom stereocenters. The Morgan fingerprint density at radius 3 is 2.74 bits per heavy atom. The maximum absolute atomic E-state index is 11.9. The molecule has 3 aromatic rings. The lowest BCUT2D eigenvalue weighted by Gasteiger charge is -2.40. The molecule has 2 saturated heterocycles. The molecule has 1 N–H and O–H groups in total. The maximum atomic E-state index is 11.9. The highest BCUT2D eigenvalue weighted by Gasteiger charge is 2.35. The summed E-state index contributed by atoms with van der Waals surface area (Å²) < 4.78 is 12.0. The van der Waals surface area contributed by atoms with E-state index in [-0.39, 0.29) is 6.42 Å². The van der Waals surface area contributed by atoms with E-state index < -0.39 is 12.1 Å². The van der Waals surface area contributed by atoms with Crippen LogP contribution in [-0.2, 0) is 19.6 Å². The van der Waals surface area contributed by atoms with Gasteiger partial charge in [-0.3, -0.25) is 4.90 Å². The lowest BCUT2D eigenvalue weighted by molar-refractivity contribution is 0.119. The Balaban J connectivity index is 1.30. The van der Waals surface area contributed by atoms with Crippen molar-refractivity contribution in [3.8, 4) is 17.8 Å². The Labute approximate surface area is 245 Å². The fourth-order valence-electron chi connectivity index (χ4n) is 6.55. The molecule has 4 heterocycles. The predicted molar refractivity (Wildman–Crippen MR) is 158 cm³/mol. The fourth-order valence-corrected chi connectivity index (χ4v) is 6.55. The molecule has 0 saturated carbocycles. The van der Waals surface area contributed by atoms with Crippen LogP contribution in [0.25, 0.3) is 10.8 Å². The summed E-state index contributed by atoms with van der Waals surface area (Å²) in [7, 11) is 3.82. The first-order valence-corrected chi connectivity index (χ1v) is 14.6. The molecule has 2 fully saturated rings. The van der Waals surface area contributed by atoms with Crippen molar-refractivity contribution < 1.29 is 19.4 Å². The van der Waals surface area contributed by atoms with Crippen molar-refractivity contribution in [1.29, 1.82) is 5.26 Å². The number of hydrogen-bond acceptors (Lipinski definition) is 9. The summed E-state index contributed by atoms with van der Waals surface area (Å²) >= 11 is 0. The number of amides is 1. The van der Waals surface area contributed by atoms with Crippen molar-refractivity contribution in [3.63, 3.8) is 0 Å². The summed E-state index contributed by atoms with van der Waals surface area (Å²) in [6, 6.07) is 14.9. The minimum absolute atomic E-state index is 0.125. The van der Waals surface area contributed by atoms with Gasteiger partial charge in [0.15, 0.2) is 0 Å². The number of fused-ring (bicyclic) bond motifs is 2. The van der Waals surface area contributed by atoms with Gasteiger partial charge in [-0.1, -0.05) is 30.3 Å². The van der Waals surface area contributed by atoms with Gasteiger partial charge in [-0.25, -0.2) is 4.79 Å². The van der Waals surface area contributed by atoms with E-state index in [1.807, 2.05) is 18.2 Å². The van der Waals surface area contributed by atoms with E-state index in [9.17, 15) is 15.2 Å². The van der Waals surface area contributed by atoms with Gasteiger partial charge in [0.25, 0.3) is 0 Å². The average molecular weight is 572 g/mol. The molecular formula is C31H37N7O4. The first-order chi connectivity index (χ1) is 20.4. The standard InChI is InChI=1S/C31H37N7O4/c1-35-13-5-7-23(35)20-42-30-33-27-19-36(17-25-24-8-4-3-6-21(24)9-10-28(25)41-2)18-26(27)29(34-30)37-14-15-38(31(39)40)22(16-37)11-12-32/h3-4,6,8-10,22-23H,5,7,11,13-20H2,1-2H3,(H,39,40)/t22-,23-/m0/s1. The molecular weight excluding hydrogens is 534 g/mol. The molecule has 2 aromatic carbocycles. The SMILES string of the molecule is COc1ccc2ccccc2c1CN1Cc2nc(OC[C@@H]3CCCN3C)nc(N3CCN(C(=O)O)[C@@H](CC#N)C3)c2C1. The van der Waals surface area contributed by atoms with E-state index in [0.717, 1.165) is 58.5 Å². The number of piperazine rings is 1. The molecule has 11 nitrogen and oxygen atoms in total. The summed E-state index contributed by atoms with van der Waals surface area (Å²) in [5.41, 5.74) is 3.08. The Kier molecular flexibility index (Phi) is 8.00. The van der Waals surface area contributed by atoms with Crippen molar-refractivity contribution in [1.82, 2.24) is 24.7 Å². The van der Waals surface area contributed by atoms with Gasteiger partial charge in [-0.2, -0.15) is 15.2 Å². The third-order valence-electron chi connectivity index (χ3n) is 8.84. The molecule has 0 radical (unpaired) electrons. The molecule has 11 heteroatoms. The van der Waals surface area contributed by atoms with Gasteiger partial charge in [-0.05, 0) is 43.3 Å². The van der Waals surface area contributed by atoms with E-state index in [1.165, 1.54) is 4.90 Å². The number of nitriles is 1. The highest BCUT2D eigenvalue weighted by Crippen LogP contribution is 2.36. The largest absolute Gasteiger partial charge is 0.496 e. The zero-order chi connectivity index (χ0) is 29.2. The van der Waals surface area contributed by atoms with Crippen molar-refractivity contribution in [2.75, 3.05) is 51.8 Å². The third kappa shape index (κ3) is 5.52. The quantitative estimate of drug-likeness (QED) is 0.429. The van der Waals surface area contributed by atoms with Gasteiger partial charge in [-0.15, -0.1) is 0 Å². The van der Waals surface area contributed by atoms with Crippen LogP contribution >= 0.6 is 0 Å². The monoisotopic (exact) mass is 571 g/mol. The molecule has 1 aromatic heterocycles. The molecule has 0 spiro atoms. The van der Waals surface area contributed by atoms with Crippen LogP contribution in [0.2, 0.25) is 0 Å². The van der Waals surface area contributed by atoms with Crippen LogP contribution in [0.4, 0.5) is 10.6 Å². The minimum atomic E-state index is -0.997.